The number of fused-ring (bicyclic) bond motifs is 3. The summed E-state index contributed by atoms with van der Waals surface area (Å²) < 4.78 is 5.42. The number of hydrogen-bond donors (Lipinski definition) is 2. The highest BCUT2D eigenvalue weighted by atomic mass is 32.1. The van der Waals surface area contributed by atoms with Gasteiger partial charge in [-0.15, -0.1) is 11.3 Å². The first-order valence-electron chi connectivity index (χ1n) is 9.38. The van der Waals surface area contributed by atoms with Crippen LogP contribution in [0.25, 0.3) is 11.1 Å². The van der Waals surface area contributed by atoms with Crippen molar-refractivity contribution in [1.29, 1.82) is 5.26 Å². The Kier molecular flexibility index (Phi) is 5.50. The van der Waals surface area contributed by atoms with E-state index in [1.165, 1.54) is 11.3 Å². The first kappa shape index (κ1) is 19.7. The maximum atomic E-state index is 12.3. The van der Waals surface area contributed by atoms with Crippen LogP contribution >= 0.6 is 11.3 Å². The summed E-state index contributed by atoms with van der Waals surface area (Å²) in [5.74, 6) is -1.25. The Morgan fingerprint density at radius 3 is 2.33 bits per heavy atom. The van der Waals surface area contributed by atoms with E-state index in [1.807, 2.05) is 54.6 Å². The van der Waals surface area contributed by atoms with Crippen LogP contribution in [0.3, 0.4) is 0 Å². The van der Waals surface area contributed by atoms with E-state index in [9.17, 15) is 14.7 Å². The summed E-state index contributed by atoms with van der Waals surface area (Å²) in [4.78, 5) is 24.6. The molecule has 2 aromatic carbocycles. The van der Waals surface area contributed by atoms with Crippen molar-refractivity contribution in [3.63, 3.8) is 0 Å². The summed E-state index contributed by atoms with van der Waals surface area (Å²) in [6.07, 6.45) is -0.687. The van der Waals surface area contributed by atoms with Gasteiger partial charge in [-0.1, -0.05) is 48.5 Å². The summed E-state index contributed by atoms with van der Waals surface area (Å²) in [7, 11) is 0. The van der Waals surface area contributed by atoms with Gasteiger partial charge in [-0.25, -0.2) is 9.59 Å². The van der Waals surface area contributed by atoms with Gasteiger partial charge in [0.25, 0.3) is 0 Å². The molecule has 2 N–H and O–H groups in total. The second kappa shape index (κ2) is 8.39. The predicted molar refractivity (Wildman–Crippen MR) is 112 cm³/mol. The largest absolute Gasteiger partial charge is 0.480 e. The Bertz CT molecular complexity index is 1100. The predicted octanol–water partition coefficient (Wildman–Crippen LogP) is 4.15. The van der Waals surface area contributed by atoms with E-state index in [0.29, 0.717) is 10.4 Å². The van der Waals surface area contributed by atoms with Crippen LogP contribution in [0, 0.1) is 11.3 Å². The summed E-state index contributed by atoms with van der Waals surface area (Å²) >= 11 is 1.29. The van der Waals surface area contributed by atoms with Crippen molar-refractivity contribution in [3.05, 3.63) is 81.5 Å². The van der Waals surface area contributed by atoms with E-state index in [1.54, 1.807) is 11.4 Å². The molecule has 1 aliphatic rings. The minimum atomic E-state index is -1.16. The fraction of sp³-hybridized carbons (Fsp3) is 0.174. The third-order valence-corrected chi connectivity index (χ3v) is 6.08. The van der Waals surface area contributed by atoms with E-state index >= 15 is 0 Å². The van der Waals surface area contributed by atoms with E-state index in [2.05, 4.69) is 5.32 Å². The highest BCUT2D eigenvalue weighted by Crippen LogP contribution is 2.44. The highest BCUT2D eigenvalue weighted by Gasteiger charge is 2.29. The zero-order chi connectivity index (χ0) is 21.1. The molecular weight excluding hydrogens is 400 g/mol. The van der Waals surface area contributed by atoms with Gasteiger partial charge in [-0.3, -0.25) is 0 Å². The van der Waals surface area contributed by atoms with Crippen LogP contribution in [-0.2, 0) is 16.0 Å². The van der Waals surface area contributed by atoms with Gasteiger partial charge in [0.05, 0.1) is 5.56 Å². The molecule has 3 aromatic rings. The molecule has 7 heteroatoms. The number of alkyl carbamates (subject to hydrolysis) is 1. The quantitative estimate of drug-likeness (QED) is 0.626. The average Bonchev–Trinajstić information content (AvgIpc) is 3.34. The molecule has 1 amide bonds. The minimum Gasteiger partial charge on any atom is -0.480 e. The molecule has 0 aliphatic heterocycles. The molecule has 0 fully saturated rings. The molecule has 4 rings (SSSR count). The smallest absolute Gasteiger partial charge is 0.407 e. The number of nitrogens with zero attached hydrogens (tertiary/aromatic N) is 1. The number of aliphatic carboxylic acids is 1. The number of rotatable bonds is 6. The average molecular weight is 418 g/mol. The Hall–Kier alpha value is -3.63. The van der Waals surface area contributed by atoms with Crippen molar-refractivity contribution in [2.75, 3.05) is 6.61 Å². The maximum absolute atomic E-state index is 12.3. The zero-order valence-electron chi connectivity index (χ0n) is 15.9. The van der Waals surface area contributed by atoms with Crippen molar-refractivity contribution in [1.82, 2.24) is 5.32 Å². The lowest BCUT2D eigenvalue weighted by atomic mass is 9.98. The SMILES string of the molecule is N#Cc1csc(C[C@H](NC(=O)OCC2c3ccccc3-c3ccccc32)C(=O)O)c1. The van der Waals surface area contributed by atoms with Crippen LogP contribution in [0.1, 0.15) is 27.5 Å². The molecule has 150 valence electrons. The molecule has 0 spiro atoms. The van der Waals surface area contributed by atoms with Crippen LogP contribution in [-0.4, -0.2) is 29.8 Å². The molecule has 0 unspecified atom stereocenters. The fourth-order valence-corrected chi connectivity index (χ4v) is 4.59. The number of carbonyl (C=O) groups excluding carboxylic acids is 1. The molecule has 0 bridgehead atoms. The maximum Gasteiger partial charge on any atom is 0.407 e. The third-order valence-electron chi connectivity index (χ3n) is 5.12. The van der Waals surface area contributed by atoms with E-state index in [0.717, 1.165) is 22.3 Å². The third kappa shape index (κ3) is 3.91. The number of nitrogens with one attached hydrogen (secondary N) is 1. The Labute approximate surface area is 177 Å². The number of thiophene rings is 1. The lowest BCUT2D eigenvalue weighted by molar-refractivity contribution is -0.139. The summed E-state index contributed by atoms with van der Waals surface area (Å²) in [6.45, 7) is 0.115. The second-order valence-corrected chi connectivity index (χ2v) is 7.97. The number of carboxylic acid groups (broad SMARTS) is 1. The zero-order valence-corrected chi connectivity index (χ0v) is 16.7. The van der Waals surface area contributed by atoms with Gasteiger partial charge < -0.3 is 15.2 Å². The number of ether oxygens (including phenoxy) is 1. The Morgan fingerprint density at radius 1 is 1.13 bits per heavy atom. The van der Waals surface area contributed by atoms with Crippen LogP contribution in [0.5, 0.6) is 0 Å². The molecule has 0 radical (unpaired) electrons. The van der Waals surface area contributed by atoms with Gasteiger partial charge in [0.15, 0.2) is 0 Å². The number of carbonyl (C=O) groups is 2. The van der Waals surface area contributed by atoms with Gasteiger partial charge in [0.2, 0.25) is 0 Å². The van der Waals surface area contributed by atoms with Crippen molar-refractivity contribution < 1.29 is 19.4 Å². The van der Waals surface area contributed by atoms with Gasteiger partial charge in [0, 0.05) is 22.6 Å². The molecule has 1 aliphatic carbocycles. The topological polar surface area (TPSA) is 99.4 Å². The monoisotopic (exact) mass is 418 g/mol. The van der Waals surface area contributed by atoms with Crippen LogP contribution in [0.4, 0.5) is 4.79 Å². The second-order valence-electron chi connectivity index (χ2n) is 6.98. The summed E-state index contributed by atoms with van der Waals surface area (Å²) in [5.41, 5.74) is 4.89. The first-order valence-corrected chi connectivity index (χ1v) is 10.3. The Balaban J connectivity index is 1.43. The van der Waals surface area contributed by atoms with Gasteiger partial charge in [-0.05, 0) is 28.3 Å². The summed E-state index contributed by atoms with van der Waals surface area (Å²) in [5, 5.41) is 22.4. The Morgan fingerprint density at radius 2 is 1.77 bits per heavy atom. The molecule has 0 saturated carbocycles. The lowest BCUT2D eigenvalue weighted by Crippen LogP contribution is -2.42. The number of amides is 1. The molecule has 1 heterocycles. The molecule has 1 aromatic heterocycles. The van der Waals surface area contributed by atoms with Crippen LogP contribution in [0.2, 0.25) is 0 Å². The number of benzene rings is 2. The van der Waals surface area contributed by atoms with Crippen molar-refractivity contribution in [3.8, 4) is 17.2 Å². The van der Waals surface area contributed by atoms with E-state index in [-0.39, 0.29) is 18.9 Å². The molecule has 6 nitrogen and oxygen atoms in total. The summed E-state index contributed by atoms with van der Waals surface area (Å²) in [6, 6.07) is 18.5. The van der Waals surface area contributed by atoms with Crippen LogP contribution < -0.4 is 5.32 Å². The molecule has 0 saturated heterocycles. The lowest BCUT2D eigenvalue weighted by Gasteiger charge is -2.17. The molecule has 1 atom stereocenters. The molecule has 30 heavy (non-hydrogen) atoms. The normalized spacial score (nSPS) is 13.0. The highest BCUT2D eigenvalue weighted by molar-refractivity contribution is 7.10. The standard InChI is InChI=1S/C23H18N2O4S/c24-11-14-9-15(30-13-14)10-21(22(26)27)25-23(28)29-12-20-18-7-3-1-5-16(18)17-6-2-4-8-19(17)20/h1-9,13,20-21H,10,12H2,(H,25,28)(H,26,27)/t21-/m0/s1. The van der Waals surface area contributed by atoms with Crippen molar-refractivity contribution >= 4 is 23.4 Å². The van der Waals surface area contributed by atoms with E-state index < -0.39 is 18.1 Å². The van der Waals surface area contributed by atoms with Gasteiger partial charge in [0.1, 0.15) is 18.7 Å². The fourth-order valence-electron chi connectivity index (χ4n) is 3.73. The van der Waals surface area contributed by atoms with Gasteiger partial charge >= 0.3 is 12.1 Å². The molecular formula is C23H18N2O4S. The van der Waals surface area contributed by atoms with Crippen LogP contribution in [0.15, 0.2) is 60.0 Å². The first-order chi connectivity index (χ1) is 14.6. The van der Waals surface area contributed by atoms with E-state index in [4.69, 9.17) is 10.00 Å². The van der Waals surface area contributed by atoms with Gasteiger partial charge in [-0.2, -0.15) is 5.26 Å². The van der Waals surface area contributed by atoms with Crippen molar-refractivity contribution in [2.24, 2.45) is 0 Å². The number of carboxylic acids is 1. The minimum absolute atomic E-state index is 0.0892. The van der Waals surface area contributed by atoms with Crippen molar-refractivity contribution in [2.45, 2.75) is 18.4 Å². The number of nitriles is 1. The number of hydrogen-bond acceptors (Lipinski definition) is 5.